The Kier molecular flexibility index (Phi) is 6.72. The van der Waals surface area contributed by atoms with Crippen molar-refractivity contribution in [3.63, 3.8) is 0 Å². The van der Waals surface area contributed by atoms with Crippen molar-refractivity contribution in [1.82, 2.24) is 5.32 Å². The van der Waals surface area contributed by atoms with Gasteiger partial charge in [0.2, 0.25) is 11.8 Å². The molecule has 4 N–H and O–H groups in total. The molecule has 8 nitrogen and oxygen atoms in total. The monoisotopic (exact) mass is 321 g/mol. The molecule has 0 bridgehead atoms. The van der Waals surface area contributed by atoms with Crippen LogP contribution in [0.15, 0.2) is 24.3 Å². The molecule has 124 valence electrons. The number of nitrogens with one attached hydrogen (secondary N) is 2. The van der Waals surface area contributed by atoms with Gasteiger partial charge in [0.25, 0.3) is 5.91 Å². The minimum atomic E-state index is -1.16. The first kappa shape index (κ1) is 18.1. The molecule has 0 aromatic heterocycles. The van der Waals surface area contributed by atoms with E-state index in [0.717, 1.165) is 0 Å². The maximum Gasteiger partial charge on any atom is 0.308 e. The molecule has 0 fully saturated rings. The molecular formula is C15H19N3O5. The van der Waals surface area contributed by atoms with E-state index in [1.165, 1.54) is 19.1 Å². The minimum absolute atomic E-state index is 0.170. The van der Waals surface area contributed by atoms with E-state index in [4.69, 9.17) is 10.5 Å². The molecule has 0 unspecified atom stereocenters. The predicted molar refractivity (Wildman–Crippen MR) is 82.4 cm³/mol. The second-order valence-electron chi connectivity index (χ2n) is 4.70. The van der Waals surface area contributed by atoms with Crippen molar-refractivity contribution in [2.24, 2.45) is 5.73 Å². The van der Waals surface area contributed by atoms with Crippen molar-refractivity contribution in [2.45, 2.75) is 26.3 Å². The van der Waals surface area contributed by atoms with Crippen LogP contribution in [0.1, 0.15) is 30.6 Å². The number of primary amides is 1. The molecule has 1 atom stereocenters. The molecule has 0 aliphatic heterocycles. The number of anilines is 1. The molecule has 0 saturated carbocycles. The van der Waals surface area contributed by atoms with Crippen molar-refractivity contribution in [3.05, 3.63) is 29.8 Å². The van der Waals surface area contributed by atoms with E-state index in [0.29, 0.717) is 5.69 Å². The van der Waals surface area contributed by atoms with Crippen molar-refractivity contribution < 1.29 is 23.9 Å². The number of carbonyl (C=O) groups excluding carboxylic acids is 4. The average Bonchev–Trinajstić information content (AvgIpc) is 2.46. The van der Waals surface area contributed by atoms with Gasteiger partial charge >= 0.3 is 5.97 Å². The van der Waals surface area contributed by atoms with Crippen molar-refractivity contribution >= 4 is 29.4 Å². The van der Waals surface area contributed by atoms with Gasteiger partial charge in [-0.2, -0.15) is 0 Å². The van der Waals surface area contributed by atoms with Crippen LogP contribution in [-0.4, -0.2) is 36.3 Å². The van der Waals surface area contributed by atoms with E-state index in [1.54, 1.807) is 19.1 Å². The smallest absolute Gasteiger partial charge is 0.308 e. The summed E-state index contributed by atoms with van der Waals surface area (Å²) >= 11 is 0. The lowest BCUT2D eigenvalue weighted by molar-refractivity contribution is -0.145. The highest BCUT2D eigenvalue weighted by atomic mass is 16.5. The van der Waals surface area contributed by atoms with E-state index in [2.05, 4.69) is 10.6 Å². The zero-order chi connectivity index (χ0) is 17.4. The van der Waals surface area contributed by atoms with Crippen molar-refractivity contribution in [3.8, 4) is 0 Å². The SMILES string of the molecule is CCOC(=O)C[C@@H](NC(=O)c1ccc(NC(C)=O)cc1)C(N)=O. The summed E-state index contributed by atoms with van der Waals surface area (Å²) in [6.45, 7) is 3.17. The standard InChI is InChI=1S/C15H19N3O5/c1-3-23-13(20)8-12(14(16)21)18-15(22)10-4-6-11(7-5-10)17-9(2)19/h4-7,12H,3,8H2,1-2H3,(H2,16,21)(H,17,19)(H,18,22)/t12-/m1/s1. The van der Waals surface area contributed by atoms with Gasteiger partial charge in [-0.05, 0) is 31.2 Å². The molecule has 23 heavy (non-hydrogen) atoms. The van der Waals surface area contributed by atoms with E-state index in [-0.39, 0.29) is 24.5 Å². The highest BCUT2D eigenvalue weighted by Gasteiger charge is 2.22. The summed E-state index contributed by atoms with van der Waals surface area (Å²) in [5.41, 5.74) is 5.97. The van der Waals surface area contributed by atoms with Crippen LogP contribution in [0.3, 0.4) is 0 Å². The number of nitrogens with two attached hydrogens (primary N) is 1. The Hall–Kier alpha value is -2.90. The number of esters is 1. The molecule has 0 radical (unpaired) electrons. The van der Waals surface area contributed by atoms with Gasteiger partial charge in [-0.15, -0.1) is 0 Å². The largest absolute Gasteiger partial charge is 0.466 e. The lowest BCUT2D eigenvalue weighted by atomic mass is 10.1. The maximum atomic E-state index is 12.1. The number of benzene rings is 1. The topological polar surface area (TPSA) is 128 Å². The fourth-order valence-corrected chi connectivity index (χ4v) is 1.76. The third-order valence-electron chi connectivity index (χ3n) is 2.79. The molecule has 0 spiro atoms. The summed E-state index contributed by atoms with van der Waals surface area (Å²) in [5, 5.41) is 4.94. The molecule has 1 aromatic rings. The highest BCUT2D eigenvalue weighted by Crippen LogP contribution is 2.10. The maximum absolute atomic E-state index is 12.1. The molecule has 0 aliphatic carbocycles. The molecule has 8 heteroatoms. The van der Waals surface area contributed by atoms with Crippen LogP contribution in [0, 0.1) is 0 Å². The Morgan fingerprint density at radius 3 is 2.26 bits per heavy atom. The molecule has 0 saturated heterocycles. The lowest BCUT2D eigenvalue weighted by Gasteiger charge is -2.15. The van der Waals surface area contributed by atoms with Gasteiger partial charge in [0.05, 0.1) is 13.0 Å². The Morgan fingerprint density at radius 1 is 1.17 bits per heavy atom. The van der Waals surface area contributed by atoms with E-state index in [1.807, 2.05) is 0 Å². The molecule has 1 aromatic carbocycles. The molecule has 0 aliphatic rings. The molecule has 1 rings (SSSR count). The van der Waals surface area contributed by atoms with Gasteiger partial charge in [0.1, 0.15) is 6.04 Å². The van der Waals surface area contributed by atoms with Crippen LogP contribution in [0.25, 0.3) is 0 Å². The fourth-order valence-electron chi connectivity index (χ4n) is 1.76. The highest BCUT2D eigenvalue weighted by molar-refractivity contribution is 5.99. The Bertz CT molecular complexity index is 598. The van der Waals surface area contributed by atoms with Gasteiger partial charge in [-0.3, -0.25) is 19.2 Å². The molecule has 0 heterocycles. The van der Waals surface area contributed by atoms with Crippen LogP contribution >= 0.6 is 0 Å². The molecule has 3 amide bonds. The van der Waals surface area contributed by atoms with Gasteiger partial charge in [0, 0.05) is 18.2 Å². The third kappa shape index (κ3) is 6.16. The van der Waals surface area contributed by atoms with Gasteiger partial charge in [-0.1, -0.05) is 0 Å². The van der Waals surface area contributed by atoms with Gasteiger partial charge in [0.15, 0.2) is 0 Å². The molecular weight excluding hydrogens is 302 g/mol. The van der Waals surface area contributed by atoms with Crippen LogP contribution in [0.4, 0.5) is 5.69 Å². The summed E-state index contributed by atoms with van der Waals surface area (Å²) in [6, 6.07) is 4.88. The second kappa shape index (κ2) is 8.52. The lowest BCUT2D eigenvalue weighted by Crippen LogP contribution is -2.45. The summed E-state index contributed by atoms with van der Waals surface area (Å²) in [4.78, 5) is 45.7. The number of hydrogen-bond donors (Lipinski definition) is 3. The summed E-state index contributed by atoms with van der Waals surface area (Å²) in [5.74, 6) is -2.25. The third-order valence-corrected chi connectivity index (χ3v) is 2.79. The summed E-state index contributed by atoms with van der Waals surface area (Å²) in [6.07, 6.45) is -0.334. The summed E-state index contributed by atoms with van der Waals surface area (Å²) < 4.78 is 4.72. The number of rotatable bonds is 7. The van der Waals surface area contributed by atoms with E-state index in [9.17, 15) is 19.2 Å². The normalized spacial score (nSPS) is 11.2. The fraction of sp³-hybridized carbons (Fsp3) is 0.333. The van der Waals surface area contributed by atoms with Crippen molar-refractivity contribution in [1.29, 1.82) is 0 Å². The first-order chi connectivity index (χ1) is 10.8. The van der Waals surface area contributed by atoms with E-state index < -0.39 is 23.8 Å². The van der Waals surface area contributed by atoms with E-state index >= 15 is 0 Å². The van der Waals surface area contributed by atoms with Crippen LogP contribution in [-0.2, 0) is 19.1 Å². The van der Waals surface area contributed by atoms with Crippen molar-refractivity contribution in [2.75, 3.05) is 11.9 Å². The zero-order valence-electron chi connectivity index (χ0n) is 12.9. The number of hydrogen-bond acceptors (Lipinski definition) is 5. The van der Waals surface area contributed by atoms with Crippen LogP contribution in [0.2, 0.25) is 0 Å². The Labute approximate surface area is 133 Å². The summed E-state index contributed by atoms with van der Waals surface area (Å²) in [7, 11) is 0. The average molecular weight is 321 g/mol. The van der Waals surface area contributed by atoms with Gasteiger partial charge in [-0.25, -0.2) is 0 Å². The second-order valence-corrected chi connectivity index (χ2v) is 4.70. The first-order valence-electron chi connectivity index (χ1n) is 6.97. The Morgan fingerprint density at radius 2 is 1.78 bits per heavy atom. The van der Waals surface area contributed by atoms with Gasteiger partial charge < -0.3 is 21.1 Å². The number of amides is 3. The predicted octanol–water partition coefficient (Wildman–Crippen LogP) is 0.182. The van der Waals surface area contributed by atoms with Crippen LogP contribution < -0.4 is 16.4 Å². The first-order valence-corrected chi connectivity index (χ1v) is 6.97. The van der Waals surface area contributed by atoms with Crippen LogP contribution in [0.5, 0.6) is 0 Å². The quantitative estimate of drug-likeness (QED) is 0.617. The Balaban J connectivity index is 2.73. The zero-order valence-corrected chi connectivity index (χ0v) is 12.9. The minimum Gasteiger partial charge on any atom is -0.466 e. The number of ether oxygens (including phenoxy) is 1. The number of carbonyl (C=O) groups is 4.